The standard InChI is InChI=1S/C20H21N5S/c1-22-11-17(10-21)16-9-20-19(23-12-16)13-24-25(20)26-18-7-6-14-4-2-3-5-15(14)8-18/h2-7,9-15,18H,8,21H2,1H3. The molecule has 132 valence electrons. The van der Waals surface area contributed by atoms with Crippen molar-refractivity contribution in [2.45, 2.75) is 11.7 Å². The van der Waals surface area contributed by atoms with Gasteiger partial charge in [0.2, 0.25) is 0 Å². The maximum absolute atomic E-state index is 5.73. The van der Waals surface area contributed by atoms with Gasteiger partial charge in [-0.15, -0.1) is 0 Å². The topological polar surface area (TPSA) is 69.1 Å². The summed E-state index contributed by atoms with van der Waals surface area (Å²) < 4.78 is 1.97. The summed E-state index contributed by atoms with van der Waals surface area (Å²) in [6.07, 6.45) is 21.5. The van der Waals surface area contributed by atoms with Crippen LogP contribution in [0.1, 0.15) is 12.0 Å². The molecule has 3 unspecified atom stereocenters. The van der Waals surface area contributed by atoms with Crippen LogP contribution < -0.4 is 5.73 Å². The molecule has 2 aromatic heterocycles. The van der Waals surface area contributed by atoms with E-state index in [0.717, 1.165) is 28.6 Å². The fraction of sp³-hybridized carbons (Fsp3) is 0.250. The predicted molar refractivity (Wildman–Crippen MR) is 110 cm³/mol. The summed E-state index contributed by atoms with van der Waals surface area (Å²) in [6, 6.07) is 2.07. The number of nitrogens with zero attached hydrogens (tertiary/aromatic N) is 4. The second-order valence-electron chi connectivity index (χ2n) is 6.43. The predicted octanol–water partition coefficient (Wildman–Crippen LogP) is 3.61. The van der Waals surface area contributed by atoms with Crippen molar-refractivity contribution in [3.8, 4) is 0 Å². The fourth-order valence-electron chi connectivity index (χ4n) is 3.40. The molecule has 2 aliphatic rings. The first kappa shape index (κ1) is 16.8. The van der Waals surface area contributed by atoms with Crippen LogP contribution >= 0.6 is 11.9 Å². The SMILES string of the molecule is CN=CC(=CN)c1cnc2cnn(SC3C=CC4C=CC=CC4C3)c2c1. The highest BCUT2D eigenvalue weighted by molar-refractivity contribution is 7.98. The van der Waals surface area contributed by atoms with E-state index in [1.165, 1.54) is 0 Å². The third-order valence-electron chi connectivity index (χ3n) is 4.75. The largest absolute Gasteiger partial charge is 0.404 e. The Balaban J connectivity index is 1.61. The molecule has 0 radical (unpaired) electrons. The summed E-state index contributed by atoms with van der Waals surface area (Å²) in [6.45, 7) is 0. The lowest BCUT2D eigenvalue weighted by Gasteiger charge is -2.29. The Kier molecular flexibility index (Phi) is 4.75. The molecular formula is C20H21N5S. The molecule has 2 heterocycles. The molecule has 0 saturated carbocycles. The highest BCUT2D eigenvalue weighted by Crippen LogP contribution is 2.35. The summed E-state index contributed by atoms with van der Waals surface area (Å²) in [5.41, 5.74) is 9.38. The van der Waals surface area contributed by atoms with Gasteiger partial charge in [-0.05, 0) is 30.4 Å². The molecule has 0 amide bonds. The van der Waals surface area contributed by atoms with Gasteiger partial charge >= 0.3 is 0 Å². The zero-order valence-corrected chi connectivity index (χ0v) is 15.4. The van der Waals surface area contributed by atoms with Crippen molar-refractivity contribution in [2.24, 2.45) is 22.6 Å². The number of nitrogens with two attached hydrogens (primary N) is 1. The number of aromatic nitrogens is 3. The molecule has 6 heteroatoms. The van der Waals surface area contributed by atoms with Crippen molar-refractivity contribution < 1.29 is 0 Å². The van der Waals surface area contributed by atoms with Crippen LogP contribution in [0.3, 0.4) is 0 Å². The average Bonchev–Trinajstić information content (AvgIpc) is 3.08. The number of hydrogen-bond acceptors (Lipinski definition) is 5. The van der Waals surface area contributed by atoms with Gasteiger partial charge in [-0.3, -0.25) is 9.98 Å². The van der Waals surface area contributed by atoms with E-state index in [1.54, 1.807) is 31.4 Å². The molecule has 0 fully saturated rings. The molecule has 5 nitrogen and oxygen atoms in total. The summed E-state index contributed by atoms with van der Waals surface area (Å²) >= 11 is 1.73. The van der Waals surface area contributed by atoms with Crippen LogP contribution in [0.4, 0.5) is 0 Å². The highest BCUT2D eigenvalue weighted by atomic mass is 32.2. The fourth-order valence-corrected chi connectivity index (χ4v) is 4.49. The van der Waals surface area contributed by atoms with Crippen molar-refractivity contribution in [3.63, 3.8) is 0 Å². The Hall–Kier alpha value is -2.60. The van der Waals surface area contributed by atoms with Crippen LogP contribution in [0.15, 0.2) is 66.1 Å². The van der Waals surface area contributed by atoms with Crippen molar-refractivity contribution in [1.82, 2.24) is 14.2 Å². The molecule has 0 saturated heterocycles. The molecule has 4 rings (SSSR count). The minimum absolute atomic E-state index is 0.390. The lowest BCUT2D eigenvalue weighted by atomic mass is 9.81. The molecule has 0 aliphatic heterocycles. The second-order valence-corrected chi connectivity index (χ2v) is 7.59. The minimum Gasteiger partial charge on any atom is -0.404 e. The van der Waals surface area contributed by atoms with E-state index in [4.69, 9.17) is 5.73 Å². The van der Waals surface area contributed by atoms with Gasteiger partial charge in [0.15, 0.2) is 0 Å². The van der Waals surface area contributed by atoms with Gasteiger partial charge in [-0.2, -0.15) is 5.10 Å². The summed E-state index contributed by atoms with van der Waals surface area (Å²) in [7, 11) is 1.73. The molecule has 0 aromatic carbocycles. The van der Waals surface area contributed by atoms with Gasteiger partial charge in [0, 0.05) is 48.0 Å². The Bertz CT molecular complexity index is 950. The molecule has 3 atom stereocenters. The summed E-state index contributed by atoms with van der Waals surface area (Å²) in [5, 5.41) is 4.92. The third-order valence-corrected chi connectivity index (χ3v) is 5.87. The summed E-state index contributed by atoms with van der Waals surface area (Å²) in [5.74, 6) is 1.11. The third kappa shape index (κ3) is 3.24. The quantitative estimate of drug-likeness (QED) is 0.665. The van der Waals surface area contributed by atoms with E-state index in [1.807, 2.05) is 16.5 Å². The van der Waals surface area contributed by atoms with Crippen LogP contribution in [-0.2, 0) is 0 Å². The van der Waals surface area contributed by atoms with E-state index >= 15 is 0 Å². The normalized spacial score (nSPS) is 25.3. The number of pyridine rings is 1. The van der Waals surface area contributed by atoms with Gasteiger partial charge in [-0.25, -0.2) is 4.09 Å². The molecule has 2 aliphatic carbocycles. The van der Waals surface area contributed by atoms with Gasteiger partial charge in [-0.1, -0.05) is 36.5 Å². The van der Waals surface area contributed by atoms with Crippen LogP contribution in [0, 0.1) is 11.8 Å². The number of aliphatic imine (C=N–C) groups is 1. The zero-order valence-electron chi connectivity index (χ0n) is 14.6. The van der Waals surface area contributed by atoms with E-state index in [2.05, 4.69) is 57.6 Å². The number of allylic oxidation sites excluding steroid dienone is 6. The molecule has 26 heavy (non-hydrogen) atoms. The molecule has 2 N–H and O–H groups in total. The average molecular weight is 363 g/mol. The Morgan fingerprint density at radius 3 is 3.00 bits per heavy atom. The van der Waals surface area contributed by atoms with E-state index < -0.39 is 0 Å². The molecule has 2 aromatic rings. The van der Waals surface area contributed by atoms with Crippen molar-refractivity contribution in [2.75, 3.05) is 7.05 Å². The van der Waals surface area contributed by atoms with Crippen LogP contribution in [0.5, 0.6) is 0 Å². The van der Waals surface area contributed by atoms with Crippen LogP contribution in [0.2, 0.25) is 0 Å². The lowest BCUT2D eigenvalue weighted by Crippen LogP contribution is -2.21. The smallest absolute Gasteiger partial charge is 0.109 e. The maximum Gasteiger partial charge on any atom is 0.109 e. The van der Waals surface area contributed by atoms with E-state index in [9.17, 15) is 0 Å². The number of hydrogen-bond donors (Lipinski definition) is 1. The van der Waals surface area contributed by atoms with Crippen LogP contribution in [-0.4, -0.2) is 32.7 Å². The van der Waals surface area contributed by atoms with Crippen molar-refractivity contribution >= 4 is 34.8 Å². The van der Waals surface area contributed by atoms with E-state index in [0.29, 0.717) is 17.1 Å². The molecule has 0 bridgehead atoms. The zero-order chi connectivity index (χ0) is 17.9. The van der Waals surface area contributed by atoms with Gasteiger partial charge in [0.1, 0.15) is 11.0 Å². The van der Waals surface area contributed by atoms with Crippen LogP contribution in [0.25, 0.3) is 16.6 Å². The maximum atomic E-state index is 5.73. The molecule has 0 spiro atoms. The minimum atomic E-state index is 0.390. The first-order valence-corrected chi connectivity index (χ1v) is 9.51. The van der Waals surface area contributed by atoms with Gasteiger partial charge in [0.05, 0.1) is 6.20 Å². The number of rotatable bonds is 4. The lowest BCUT2D eigenvalue weighted by molar-refractivity contribution is 0.497. The van der Waals surface area contributed by atoms with Gasteiger partial charge < -0.3 is 5.73 Å². The van der Waals surface area contributed by atoms with E-state index in [-0.39, 0.29) is 0 Å². The Morgan fingerprint density at radius 2 is 2.15 bits per heavy atom. The highest BCUT2D eigenvalue weighted by Gasteiger charge is 2.25. The summed E-state index contributed by atoms with van der Waals surface area (Å²) in [4.78, 5) is 8.57. The number of fused-ring (bicyclic) bond motifs is 2. The Morgan fingerprint density at radius 1 is 1.27 bits per heavy atom. The second kappa shape index (κ2) is 7.33. The monoisotopic (exact) mass is 363 g/mol. The van der Waals surface area contributed by atoms with Crippen molar-refractivity contribution in [1.29, 1.82) is 0 Å². The van der Waals surface area contributed by atoms with Crippen molar-refractivity contribution in [3.05, 3.63) is 66.7 Å². The van der Waals surface area contributed by atoms with Gasteiger partial charge in [0.25, 0.3) is 0 Å². The Labute approximate surface area is 157 Å². The molecular weight excluding hydrogens is 342 g/mol. The first-order valence-electron chi connectivity index (χ1n) is 8.67. The first-order chi connectivity index (χ1) is 12.8.